The van der Waals surface area contributed by atoms with Crippen LogP contribution in [-0.2, 0) is 19.0 Å². The first-order valence-electron chi connectivity index (χ1n) is 27.5. The van der Waals surface area contributed by atoms with E-state index < -0.39 is 0 Å². The first kappa shape index (κ1) is 58.3. The fourth-order valence-corrected chi connectivity index (χ4v) is 9.37. The Morgan fingerprint density at radius 3 is 1.64 bits per heavy atom. The molecule has 2 atom stereocenters. The molecule has 1 fully saturated rings. The lowest BCUT2D eigenvalue weighted by Crippen LogP contribution is -2.45. The molecular formula is C54H108N2O5. The highest BCUT2D eigenvalue weighted by Gasteiger charge is 2.22. The van der Waals surface area contributed by atoms with Gasteiger partial charge in [0.2, 0.25) is 0 Å². The summed E-state index contributed by atoms with van der Waals surface area (Å²) in [6.07, 6.45) is 45.1. The van der Waals surface area contributed by atoms with Crippen molar-refractivity contribution < 1.29 is 24.1 Å². The third-order valence-electron chi connectivity index (χ3n) is 13.5. The van der Waals surface area contributed by atoms with Gasteiger partial charge >= 0.3 is 5.97 Å². The van der Waals surface area contributed by atoms with Crippen LogP contribution in [-0.4, -0.2) is 98.8 Å². The Hall–Kier alpha value is -0.730. The number of esters is 1. The third-order valence-corrected chi connectivity index (χ3v) is 13.5. The Morgan fingerprint density at radius 2 is 1.05 bits per heavy atom. The van der Waals surface area contributed by atoms with Crippen LogP contribution in [0.25, 0.3) is 0 Å². The van der Waals surface area contributed by atoms with Gasteiger partial charge in [0, 0.05) is 51.9 Å². The highest BCUT2D eigenvalue weighted by molar-refractivity contribution is 5.69. The monoisotopic (exact) mass is 865 g/mol. The molecular weight excluding hydrogens is 757 g/mol. The summed E-state index contributed by atoms with van der Waals surface area (Å²) in [6, 6.07) is 0.583. The molecule has 364 valence electrons. The Labute approximate surface area is 381 Å². The number of nitrogens with zero attached hydrogens (tertiary/aromatic N) is 2. The summed E-state index contributed by atoms with van der Waals surface area (Å²) in [5.74, 6) is 0.516. The van der Waals surface area contributed by atoms with Gasteiger partial charge in [-0.15, -0.1) is 0 Å². The molecule has 2 unspecified atom stereocenters. The van der Waals surface area contributed by atoms with E-state index >= 15 is 0 Å². The molecule has 0 spiro atoms. The number of rotatable bonds is 47. The topological polar surface area (TPSA) is 71.5 Å². The number of unbranched alkanes of at least 4 members (excludes halogenated alkanes) is 22. The number of aliphatic hydroxyl groups is 1. The molecule has 0 radical (unpaired) electrons. The molecule has 0 aliphatic heterocycles. The van der Waals surface area contributed by atoms with E-state index in [4.69, 9.17) is 14.2 Å². The highest BCUT2D eigenvalue weighted by atomic mass is 16.5. The van der Waals surface area contributed by atoms with Gasteiger partial charge in [0.05, 0.1) is 25.9 Å². The fraction of sp³-hybridized carbons (Fsp3) is 0.981. The van der Waals surface area contributed by atoms with E-state index in [0.717, 1.165) is 78.0 Å². The predicted octanol–water partition coefficient (Wildman–Crippen LogP) is 14.6. The van der Waals surface area contributed by atoms with Crippen LogP contribution in [0.3, 0.4) is 0 Å². The third kappa shape index (κ3) is 37.2. The molecule has 1 rings (SSSR count). The standard InChI is InChI=1S/C54H108N2O5/c1-5-9-13-17-19-20-21-22-26-34-46-59-50-53(60-47-35-16-12-8-4)48-55(42-43-56(44-45-57)52-38-30-24-25-31-39-52)41-33-27-32-40-54(58)61-49-51(36-28-15-11-7-3)37-29-23-18-14-10-6-2/h51-53,57H,5-50H2,1-4H3. The maximum atomic E-state index is 13.0. The lowest BCUT2D eigenvalue weighted by Gasteiger charge is -2.34. The molecule has 7 heteroatoms. The van der Waals surface area contributed by atoms with E-state index in [9.17, 15) is 9.90 Å². The summed E-state index contributed by atoms with van der Waals surface area (Å²) in [5.41, 5.74) is 0. The Kier molecular flexibility index (Phi) is 43.8. The fourth-order valence-electron chi connectivity index (χ4n) is 9.37. The van der Waals surface area contributed by atoms with E-state index in [1.165, 1.54) is 193 Å². The quantitative estimate of drug-likeness (QED) is 0.0371. The highest BCUT2D eigenvalue weighted by Crippen LogP contribution is 2.23. The molecule has 0 bridgehead atoms. The first-order chi connectivity index (χ1) is 30.1. The van der Waals surface area contributed by atoms with Crippen LogP contribution in [0.5, 0.6) is 0 Å². The normalized spacial score (nSPS) is 14.9. The molecule has 61 heavy (non-hydrogen) atoms. The van der Waals surface area contributed by atoms with Crippen molar-refractivity contribution in [2.75, 3.05) is 65.8 Å². The maximum absolute atomic E-state index is 13.0. The van der Waals surface area contributed by atoms with Crippen molar-refractivity contribution >= 4 is 5.97 Å². The SMILES string of the molecule is CCCCCCCCCCCCOCC(CN(CCCCCC(=O)OCC(CCCCCC)CCCCCCCC)CCN(CCO)C1CCCCCC1)OCCCCCC. The molecule has 0 aromatic heterocycles. The smallest absolute Gasteiger partial charge is 0.305 e. The minimum absolute atomic E-state index is 0.00231. The zero-order valence-corrected chi connectivity index (χ0v) is 41.7. The molecule has 1 N–H and O–H groups in total. The molecule has 0 saturated heterocycles. The largest absolute Gasteiger partial charge is 0.465 e. The summed E-state index contributed by atoms with van der Waals surface area (Å²) in [5, 5.41) is 10.1. The van der Waals surface area contributed by atoms with Gasteiger partial charge in [0.1, 0.15) is 0 Å². The molecule has 7 nitrogen and oxygen atoms in total. The number of aliphatic hydroxyl groups excluding tert-OH is 1. The summed E-state index contributed by atoms with van der Waals surface area (Å²) >= 11 is 0. The molecule has 1 saturated carbocycles. The number of carbonyl (C=O) groups is 1. The second kappa shape index (κ2) is 45.8. The minimum Gasteiger partial charge on any atom is -0.465 e. The van der Waals surface area contributed by atoms with Crippen LogP contribution in [0.4, 0.5) is 0 Å². The summed E-state index contributed by atoms with van der Waals surface area (Å²) in [4.78, 5) is 18.2. The number of ether oxygens (including phenoxy) is 3. The van der Waals surface area contributed by atoms with E-state index in [2.05, 4.69) is 37.5 Å². The van der Waals surface area contributed by atoms with E-state index in [-0.39, 0.29) is 18.7 Å². The van der Waals surface area contributed by atoms with Crippen molar-refractivity contribution in [3.8, 4) is 0 Å². The van der Waals surface area contributed by atoms with Crippen molar-refractivity contribution in [1.82, 2.24) is 9.80 Å². The van der Waals surface area contributed by atoms with Gasteiger partial charge < -0.3 is 19.3 Å². The van der Waals surface area contributed by atoms with Gasteiger partial charge in [-0.1, -0.05) is 201 Å². The van der Waals surface area contributed by atoms with Gasteiger partial charge in [-0.2, -0.15) is 0 Å². The Bertz CT molecular complexity index is 884. The van der Waals surface area contributed by atoms with Crippen molar-refractivity contribution in [3.05, 3.63) is 0 Å². The Balaban J connectivity index is 2.73. The van der Waals surface area contributed by atoms with E-state index in [1.807, 2.05) is 0 Å². The van der Waals surface area contributed by atoms with Gasteiger partial charge in [0.15, 0.2) is 0 Å². The first-order valence-corrected chi connectivity index (χ1v) is 27.5. The van der Waals surface area contributed by atoms with Gasteiger partial charge in [-0.25, -0.2) is 0 Å². The van der Waals surface area contributed by atoms with E-state index in [0.29, 0.717) is 31.6 Å². The van der Waals surface area contributed by atoms with Gasteiger partial charge in [-0.05, 0) is 63.8 Å². The zero-order chi connectivity index (χ0) is 44.1. The van der Waals surface area contributed by atoms with Crippen molar-refractivity contribution in [3.63, 3.8) is 0 Å². The lowest BCUT2D eigenvalue weighted by atomic mass is 9.95. The average molecular weight is 865 g/mol. The molecule has 0 aromatic rings. The molecule has 1 aliphatic rings. The molecule has 0 aromatic carbocycles. The van der Waals surface area contributed by atoms with Crippen LogP contribution in [0.15, 0.2) is 0 Å². The van der Waals surface area contributed by atoms with Crippen molar-refractivity contribution in [2.45, 2.75) is 271 Å². The number of carbonyl (C=O) groups excluding carboxylic acids is 1. The van der Waals surface area contributed by atoms with Crippen LogP contribution in [0, 0.1) is 5.92 Å². The van der Waals surface area contributed by atoms with Crippen molar-refractivity contribution in [1.29, 1.82) is 0 Å². The molecule has 0 heterocycles. The summed E-state index contributed by atoms with van der Waals surface area (Å²) in [6.45, 7) is 16.8. The molecule has 0 amide bonds. The van der Waals surface area contributed by atoms with Gasteiger partial charge in [-0.3, -0.25) is 14.6 Å². The predicted molar refractivity (Wildman–Crippen MR) is 263 cm³/mol. The zero-order valence-electron chi connectivity index (χ0n) is 41.7. The number of hydrogen-bond donors (Lipinski definition) is 1. The second-order valence-corrected chi connectivity index (χ2v) is 19.3. The molecule has 1 aliphatic carbocycles. The second-order valence-electron chi connectivity index (χ2n) is 19.3. The summed E-state index contributed by atoms with van der Waals surface area (Å²) < 4.78 is 18.9. The Morgan fingerprint density at radius 1 is 0.541 bits per heavy atom. The van der Waals surface area contributed by atoms with Crippen LogP contribution in [0.2, 0.25) is 0 Å². The average Bonchev–Trinajstić information content (AvgIpc) is 3.56. The van der Waals surface area contributed by atoms with Crippen LogP contribution >= 0.6 is 0 Å². The van der Waals surface area contributed by atoms with Crippen molar-refractivity contribution in [2.24, 2.45) is 5.92 Å². The van der Waals surface area contributed by atoms with Gasteiger partial charge in [0.25, 0.3) is 0 Å². The summed E-state index contributed by atoms with van der Waals surface area (Å²) in [7, 11) is 0. The van der Waals surface area contributed by atoms with E-state index in [1.54, 1.807) is 0 Å². The number of hydrogen-bond acceptors (Lipinski definition) is 7. The maximum Gasteiger partial charge on any atom is 0.305 e. The van der Waals surface area contributed by atoms with Crippen LogP contribution in [0.1, 0.15) is 259 Å². The van der Waals surface area contributed by atoms with Crippen LogP contribution < -0.4 is 0 Å². The lowest BCUT2D eigenvalue weighted by molar-refractivity contribution is -0.145. The minimum atomic E-state index is -0.00231.